The molecule has 0 bridgehead atoms. The van der Waals surface area contributed by atoms with Crippen molar-refractivity contribution in [1.82, 2.24) is 4.98 Å². The minimum atomic E-state index is -1.93. The fraction of sp³-hybridized carbons (Fsp3) is 0.250. The van der Waals surface area contributed by atoms with Crippen molar-refractivity contribution in [3.05, 3.63) is 6.20 Å². The first-order chi connectivity index (χ1) is 4.74. The van der Waals surface area contributed by atoms with Crippen LogP contribution < -0.4 is 4.74 Å². The van der Waals surface area contributed by atoms with Gasteiger partial charge >= 0.3 is 0 Å². The first kappa shape index (κ1) is 7.64. The van der Waals surface area contributed by atoms with Crippen molar-refractivity contribution in [2.24, 2.45) is 0 Å². The first-order valence-electron chi connectivity index (χ1n) is 2.34. The molecule has 0 radical (unpaired) electrons. The van der Waals surface area contributed by atoms with Gasteiger partial charge in [-0.15, -0.1) is 0 Å². The summed E-state index contributed by atoms with van der Waals surface area (Å²) in [7, 11) is 1.46. The van der Waals surface area contributed by atoms with Crippen LogP contribution in [0.1, 0.15) is 0 Å². The summed E-state index contributed by atoms with van der Waals surface area (Å²) < 4.78 is 23.9. The van der Waals surface area contributed by atoms with Crippen LogP contribution in [0.2, 0.25) is 0 Å². The summed E-state index contributed by atoms with van der Waals surface area (Å²) in [4.78, 5) is 3.70. The fourth-order valence-corrected chi connectivity index (χ4v) is 1.53. The molecule has 6 heteroatoms. The van der Waals surface area contributed by atoms with Crippen molar-refractivity contribution in [3.63, 3.8) is 0 Å². The normalized spacial score (nSPS) is 13.0. The molecule has 0 aromatic carbocycles. The number of thiazole rings is 1. The Hall–Kier alpha value is -0.460. The number of nitrogens with zero attached hydrogens (tertiary/aromatic N) is 1. The molecule has 1 unspecified atom stereocenters. The fourth-order valence-electron chi connectivity index (χ4n) is 0.419. The van der Waals surface area contributed by atoms with E-state index in [0.717, 1.165) is 11.3 Å². The molecule has 1 rings (SSSR count). The Bertz CT molecular complexity index is 246. The molecule has 1 N–H and O–H groups in total. The van der Waals surface area contributed by atoms with Gasteiger partial charge < -0.3 is 9.29 Å². The van der Waals surface area contributed by atoms with E-state index in [4.69, 9.17) is 9.29 Å². The van der Waals surface area contributed by atoms with Gasteiger partial charge in [0.15, 0.2) is 11.1 Å². The Balaban J connectivity index is 2.88. The Morgan fingerprint density at radius 1 is 1.90 bits per heavy atom. The molecule has 0 spiro atoms. The van der Waals surface area contributed by atoms with E-state index in [1.165, 1.54) is 13.3 Å². The molecule has 10 heavy (non-hydrogen) atoms. The highest BCUT2D eigenvalue weighted by atomic mass is 32.2. The lowest BCUT2D eigenvalue weighted by Gasteiger charge is -1.85. The Kier molecular flexibility index (Phi) is 2.36. The number of hydrogen-bond acceptors (Lipinski definition) is 4. The third-order valence-electron chi connectivity index (χ3n) is 0.810. The molecule has 1 heterocycles. The van der Waals surface area contributed by atoms with E-state index in [1.807, 2.05) is 0 Å². The quantitative estimate of drug-likeness (QED) is 0.680. The van der Waals surface area contributed by atoms with Crippen LogP contribution in [0.5, 0.6) is 5.19 Å². The van der Waals surface area contributed by atoms with Gasteiger partial charge in [0.05, 0.1) is 13.3 Å². The van der Waals surface area contributed by atoms with Crippen LogP contribution in [0.15, 0.2) is 10.4 Å². The number of aromatic nitrogens is 1. The van der Waals surface area contributed by atoms with Gasteiger partial charge in [0.25, 0.3) is 5.19 Å². The smallest absolute Gasteiger partial charge is 0.274 e. The van der Waals surface area contributed by atoms with E-state index in [1.54, 1.807) is 0 Å². The molecule has 56 valence electrons. The number of rotatable bonds is 2. The van der Waals surface area contributed by atoms with Crippen LogP contribution in [-0.2, 0) is 11.1 Å². The van der Waals surface area contributed by atoms with Gasteiger partial charge in [-0.05, 0) is 0 Å². The van der Waals surface area contributed by atoms with Gasteiger partial charge in [0.1, 0.15) is 4.21 Å². The summed E-state index contributed by atoms with van der Waals surface area (Å²) >= 11 is -0.876. The van der Waals surface area contributed by atoms with Gasteiger partial charge in [0, 0.05) is 0 Å². The average Bonchev–Trinajstić information content (AvgIpc) is 2.34. The van der Waals surface area contributed by atoms with Crippen molar-refractivity contribution in [2.75, 3.05) is 7.11 Å². The standard InChI is InChI=1S/C4H5NO3S2/c1-8-4-5-2-3(9-4)10(6)7/h2H,1H3,(H,6,7). The highest BCUT2D eigenvalue weighted by Crippen LogP contribution is 2.21. The number of methoxy groups -OCH3 is 1. The van der Waals surface area contributed by atoms with E-state index in [-0.39, 0.29) is 0 Å². The second kappa shape index (κ2) is 3.09. The first-order valence-corrected chi connectivity index (χ1v) is 4.27. The molecular weight excluding hydrogens is 174 g/mol. The molecule has 0 amide bonds. The van der Waals surface area contributed by atoms with Crippen molar-refractivity contribution >= 4 is 22.4 Å². The summed E-state index contributed by atoms with van der Waals surface area (Å²) in [6.45, 7) is 0. The van der Waals surface area contributed by atoms with Gasteiger partial charge in [-0.3, -0.25) is 0 Å². The molecule has 1 aromatic rings. The zero-order valence-corrected chi connectivity index (χ0v) is 6.74. The minimum absolute atomic E-state index is 0.303. The molecule has 0 saturated heterocycles. The van der Waals surface area contributed by atoms with Crippen molar-refractivity contribution in [3.8, 4) is 5.19 Å². The van der Waals surface area contributed by atoms with Gasteiger partial charge in [-0.2, -0.15) is 0 Å². The lowest BCUT2D eigenvalue weighted by molar-refractivity contribution is 0.412. The summed E-state index contributed by atoms with van der Waals surface area (Å²) in [6.07, 6.45) is 1.32. The van der Waals surface area contributed by atoms with E-state index >= 15 is 0 Å². The van der Waals surface area contributed by atoms with Crippen molar-refractivity contribution < 1.29 is 13.5 Å². The number of hydrogen-bond donors (Lipinski definition) is 1. The Labute approximate surface area is 64.1 Å². The Morgan fingerprint density at radius 3 is 2.90 bits per heavy atom. The van der Waals surface area contributed by atoms with Crippen molar-refractivity contribution in [2.45, 2.75) is 4.21 Å². The van der Waals surface area contributed by atoms with Crippen molar-refractivity contribution in [1.29, 1.82) is 0 Å². The van der Waals surface area contributed by atoms with Crippen LogP contribution in [0, 0.1) is 0 Å². The maximum Gasteiger partial charge on any atom is 0.274 e. The SMILES string of the molecule is COc1ncc(S(=O)O)s1. The summed E-state index contributed by atoms with van der Waals surface area (Å²) in [5.74, 6) is 0. The largest absolute Gasteiger partial charge is 0.473 e. The van der Waals surface area contributed by atoms with Crippen LogP contribution >= 0.6 is 11.3 Å². The zero-order valence-electron chi connectivity index (χ0n) is 5.10. The van der Waals surface area contributed by atoms with Crippen LogP contribution in [0.25, 0.3) is 0 Å². The summed E-state index contributed by atoms with van der Waals surface area (Å²) in [6, 6.07) is 0. The predicted octanol–water partition coefficient (Wildman–Crippen LogP) is 0.732. The van der Waals surface area contributed by atoms with E-state index in [9.17, 15) is 4.21 Å². The molecule has 1 atom stereocenters. The molecule has 0 aliphatic heterocycles. The van der Waals surface area contributed by atoms with Crippen LogP contribution in [0.4, 0.5) is 0 Å². The molecule has 0 saturated carbocycles. The van der Waals surface area contributed by atoms with Gasteiger partial charge in [-0.1, -0.05) is 11.3 Å². The topological polar surface area (TPSA) is 59.4 Å². The Morgan fingerprint density at radius 2 is 2.60 bits per heavy atom. The second-order valence-electron chi connectivity index (χ2n) is 1.40. The highest BCUT2D eigenvalue weighted by molar-refractivity contribution is 7.81. The van der Waals surface area contributed by atoms with Crippen LogP contribution in [0.3, 0.4) is 0 Å². The van der Waals surface area contributed by atoms with Gasteiger partial charge in [-0.25, -0.2) is 9.19 Å². The molecular formula is C4H5NO3S2. The highest BCUT2D eigenvalue weighted by Gasteiger charge is 2.05. The maximum absolute atomic E-state index is 10.4. The predicted molar refractivity (Wildman–Crippen MR) is 37.7 cm³/mol. The van der Waals surface area contributed by atoms with Crippen LogP contribution in [-0.4, -0.2) is 20.9 Å². The number of ether oxygens (including phenoxy) is 1. The minimum Gasteiger partial charge on any atom is -0.473 e. The second-order valence-corrected chi connectivity index (χ2v) is 3.59. The zero-order chi connectivity index (χ0) is 7.56. The van der Waals surface area contributed by atoms with E-state index in [2.05, 4.69) is 4.98 Å². The molecule has 4 nitrogen and oxygen atoms in total. The third-order valence-corrected chi connectivity index (χ3v) is 2.69. The lowest BCUT2D eigenvalue weighted by atomic mass is 11.0. The van der Waals surface area contributed by atoms with E-state index < -0.39 is 11.1 Å². The summed E-state index contributed by atoms with van der Waals surface area (Å²) in [5.41, 5.74) is 0. The lowest BCUT2D eigenvalue weighted by Crippen LogP contribution is -1.80. The molecule has 0 aliphatic rings. The average molecular weight is 179 g/mol. The third kappa shape index (κ3) is 1.53. The molecule has 0 fully saturated rings. The van der Waals surface area contributed by atoms with Gasteiger partial charge in [0.2, 0.25) is 0 Å². The maximum atomic E-state index is 10.4. The molecule has 0 aliphatic carbocycles. The summed E-state index contributed by atoms with van der Waals surface area (Å²) in [5, 5.41) is 0.400. The van der Waals surface area contributed by atoms with E-state index in [0.29, 0.717) is 9.40 Å². The molecule has 1 aromatic heterocycles. The monoisotopic (exact) mass is 179 g/mol.